The molecule has 0 radical (unpaired) electrons. The first-order chi connectivity index (χ1) is 36.7. The van der Waals surface area contributed by atoms with E-state index >= 15 is 0 Å². The van der Waals surface area contributed by atoms with Crippen molar-refractivity contribution in [3.05, 3.63) is 163 Å². The van der Waals surface area contributed by atoms with Gasteiger partial charge in [0.05, 0.1) is 71.3 Å². The number of para-hydroxylation sites is 1. The number of esters is 4. The van der Waals surface area contributed by atoms with Gasteiger partial charge in [-0.2, -0.15) is 10.4 Å². The minimum Gasteiger partial charge on any atom is -0.494 e. The Hall–Kier alpha value is -9.21. The number of aromatic nitrogens is 2. The number of benzene rings is 5. The van der Waals surface area contributed by atoms with Crippen molar-refractivity contribution in [2.24, 2.45) is 10.1 Å². The van der Waals surface area contributed by atoms with Crippen molar-refractivity contribution < 1.29 is 52.0 Å². The number of thiazole rings is 1. The maximum atomic E-state index is 14.0. The molecule has 0 aliphatic heterocycles. The molecule has 2 heterocycles. The molecule has 7 rings (SSSR count). The lowest BCUT2D eigenvalue weighted by molar-refractivity contribution is -0.138. The van der Waals surface area contributed by atoms with Crippen molar-refractivity contribution in [3.63, 3.8) is 0 Å². The molecule has 0 saturated heterocycles. The van der Waals surface area contributed by atoms with Crippen LogP contribution < -0.4 is 24.4 Å². The number of nitrogens with zero attached hydrogens (tertiary/aromatic N) is 5. The maximum Gasteiger partial charge on any atom is 0.343 e. The maximum absolute atomic E-state index is 14.0. The van der Waals surface area contributed by atoms with Crippen LogP contribution in [0.2, 0.25) is 0 Å². The van der Waals surface area contributed by atoms with Crippen molar-refractivity contribution in [2.75, 3.05) is 31.9 Å². The molecule has 0 bridgehead atoms. The third-order valence-corrected chi connectivity index (χ3v) is 11.8. The summed E-state index contributed by atoms with van der Waals surface area (Å²) in [5.74, 6) is -1.25. The number of ether oxygens (including phenoxy) is 6. The number of hydrogen-bond acceptors (Lipinski definition) is 18. The van der Waals surface area contributed by atoms with Crippen LogP contribution in [0, 0.1) is 11.3 Å². The van der Waals surface area contributed by atoms with Gasteiger partial charge in [-0.05, 0) is 148 Å². The van der Waals surface area contributed by atoms with Gasteiger partial charge >= 0.3 is 23.9 Å². The van der Waals surface area contributed by atoms with Gasteiger partial charge in [-0.3, -0.25) is 10.4 Å². The number of nitrogens with one attached hydrogen (secondary N) is 1. The van der Waals surface area contributed by atoms with Gasteiger partial charge in [-0.1, -0.05) is 36.6 Å². The molecule has 0 saturated carbocycles. The summed E-state index contributed by atoms with van der Waals surface area (Å²) >= 11 is 1.39. The molecule has 0 spiro atoms. The fraction of sp³-hybridized carbons (Fsp3) is 0.211. The van der Waals surface area contributed by atoms with Crippen LogP contribution in [0.5, 0.6) is 23.0 Å². The van der Waals surface area contributed by atoms with E-state index < -0.39 is 23.9 Å². The van der Waals surface area contributed by atoms with E-state index in [1.807, 2.05) is 24.3 Å². The predicted molar refractivity (Wildman–Crippen MR) is 286 cm³/mol. The molecule has 2 aromatic heterocycles. The molecule has 18 heteroatoms. The van der Waals surface area contributed by atoms with E-state index in [1.54, 1.807) is 78.9 Å². The molecule has 0 fully saturated rings. The Morgan fingerprint density at radius 1 is 0.707 bits per heavy atom. The molecular weight excluding hydrogens is 977 g/mol. The van der Waals surface area contributed by atoms with Gasteiger partial charge in [0.25, 0.3) is 0 Å². The number of nitriles is 1. The Bertz CT molecular complexity index is 3190. The van der Waals surface area contributed by atoms with Gasteiger partial charge < -0.3 is 32.8 Å². The number of hydrogen-bond donors (Lipinski definition) is 1. The van der Waals surface area contributed by atoms with Crippen LogP contribution in [0.3, 0.4) is 0 Å². The number of allylic oxidation sites excluding steroid dienone is 1. The molecule has 75 heavy (non-hydrogen) atoms. The second-order valence-electron chi connectivity index (χ2n) is 16.3. The molecule has 0 atom stereocenters. The summed E-state index contributed by atoms with van der Waals surface area (Å²) in [7, 11) is 0. The van der Waals surface area contributed by atoms with E-state index in [9.17, 15) is 19.2 Å². The van der Waals surface area contributed by atoms with E-state index in [0.29, 0.717) is 54.3 Å². The molecule has 5 aromatic carbocycles. The minimum atomic E-state index is -0.740. The number of fused-ring (bicyclic) bond motifs is 2. The standard InChI is InChI=1S/C57H52N6O11S/c1-3-50(64)70-34-13-7-5-11-32-68-44-27-21-40(22-28-44)55(66)72-47-36-42(38-60-63-57-61-46-16-9-10-17-48(46)75-57)53(54-52(47)62-49(73-54)18-15-31-59-43-25-19-39(37-58)20-26-43)74-56(67)41-23-29-45(30-24-41)69-33-12-6-8-14-35-71-51(65)4-2/h3-4,9-10,15-31,36,38H,1-2,5-8,11-14,32-35H2,(H,61,63)/b18-15+,59-31+,60-38+. The lowest BCUT2D eigenvalue weighted by Gasteiger charge is -2.12. The summed E-state index contributed by atoms with van der Waals surface area (Å²) in [6, 6.07) is 30.9. The number of oxazole rings is 1. The van der Waals surface area contributed by atoms with Crippen LogP contribution in [-0.2, 0) is 19.1 Å². The molecule has 0 amide bonds. The average molecular weight is 1030 g/mol. The van der Waals surface area contributed by atoms with Crippen molar-refractivity contribution >= 4 is 85.9 Å². The van der Waals surface area contributed by atoms with Crippen LogP contribution in [-0.4, -0.2) is 72.7 Å². The quantitative estimate of drug-likeness (QED) is 0.0120. The van der Waals surface area contributed by atoms with Crippen LogP contribution in [0.15, 0.2) is 149 Å². The highest BCUT2D eigenvalue weighted by molar-refractivity contribution is 7.22. The predicted octanol–water partition coefficient (Wildman–Crippen LogP) is 11.9. The highest BCUT2D eigenvalue weighted by atomic mass is 32.1. The van der Waals surface area contributed by atoms with Gasteiger partial charge in [-0.25, -0.2) is 29.1 Å². The molecule has 0 aliphatic carbocycles. The largest absolute Gasteiger partial charge is 0.494 e. The molecule has 7 aromatic rings. The average Bonchev–Trinajstić information content (AvgIpc) is 4.07. The molecule has 0 aliphatic rings. The van der Waals surface area contributed by atoms with Crippen molar-refractivity contribution in [1.82, 2.24) is 9.97 Å². The van der Waals surface area contributed by atoms with Gasteiger partial charge in [0.15, 0.2) is 17.0 Å². The fourth-order valence-electron chi connectivity index (χ4n) is 7.01. The minimum absolute atomic E-state index is 0.0249. The first-order valence-electron chi connectivity index (χ1n) is 24.0. The zero-order valence-electron chi connectivity index (χ0n) is 40.8. The molecular formula is C57H52N6O11S. The third kappa shape index (κ3) is 16.4. The number of aliphatic imine (C=N–C) groups is 1. The van der Waals surface area contributed by atoms with Crippen LogP contribution in [0.4, 0.5) is 10.8 Å². The first kappa shape index (κ1) is 53.6. The van der Waals surface area contributed by atoms with E-state index in [2.05, 4.69) is 44.7 Å². The summed E-state index contributed by atoms with van der Waals surface area (Å²) in [5.41, 5.74) is 5.47. The Kier molecular flexibility index (Phi) is 20.1. The summed E-state index contributed by atoms with van der Waals surface area (Å²) in [5, 5.41) is 14.1. The topological polar surface area (TPSA) is 223 Å². The fourth-order valence-corrected chi connectivity index (χ4v) is 7.83. The highest BCUT2D eigenvalue weighted by Crippen LogP contribution is 2.38. The number of unbranched alkanes of at least 4 members (excludes halogenated alkanes) is 6. The van der Waals surface area contributed by atoms with E-state index in [0.717, 1.165) is 73.7 Å². The van der Waals surface area contributed by atoms with Gasteiger partial charge in [-0.15, -0.1) is 0 Å². The third-order valence-electron chi connectivity index (χ3n) is 10.8. The molecule has 382 valence electrons. The Morgan fingerprint density at radius 3 is 1.88 bits per heavy atom. The number of rotatable bonds is 28. The smallest absolute Gasteiger partial charge is 0.343 e. The number of anilines is 1. The SMILES string of the molecule is C=CC(=O)OCCCCCCOc1ccc(C(=O)Oc2cc(/C=N/Nc3nc4ccccc4s3)c(OC(=O)c3ccc(OCCCCCCOC(=O)C=C)cc3)c3oc(/C=C/C=N/c4ccc(C#N)cc4)nc23)cc1. The lowest BCUT2D eigenvalue weighted by Crippen LogP contribution is -2.12. The van der Waals surface area contributed by atoms with E-state index in [4.69, 9.17) is 38.1 Å². The summed E-state index contributed by atoms with van der Waals surface area (Å²) in [4.78, 5) is 64.0. The zero-order chi connectivity index (χ0) is 52.6. The van der Waals surface area contributed by atoms with E-state index in [-0.39, 0.29) is 45.2 Å². The Labute approximate surface area is 436 Å². The molecule has 17 nitrogen and oxygen atoms in total. The van der Waals surface area contributed by atoms with Gasteiger partial charge in [0.2, 0.25) is 16.6 Å². The first-order valence-corrected chi connectivity index (χ1v) is 24.8. The Balaban J connectivity index is 1.12. The number of carbonyl (C=O) groups is 4. The number of hydrazone groups is 1. The van der Waals surface area contributed by atoms with Crippen molar-refractivity contribution in [3.8, 4) is 29.1 Å². The zero-order valence-corrected chi connectivity index (χ0v) is 41.6. The second kappa shape index (κ2) is 28.1. The highest BCUT2D eigenvalue weighted by Gasteiger charge is 2.25. The summed E-state index contributed by atoms with van der Waals surface area (Å²) in [6.45, 7) is 8.36. The molecule has 0 unspecified atom stereocenters. The second-order valence-corrected chi connectivity index (χ2v) is 17.3. The summed E-state index contributed by atoms with van der Waals surface area (Å²) < 4.78 is 41.2. The van der Waals surface area contributed by atoms with Crippen LogP contribution >= 0.6 is 11.3 Å². The summed E-state index contributed by atoms with van der Waals surface area (Å²) in [6.07, 6.45) is 14.8. The van der Waals surface area contributed by atoms with Crippen LogP contribution in [0.25, 0.3) is 27.4 Å². The van der Waals surface area contributed by atoms with Crippen molar-refractivity contribution in [1.29, 1.82) is 5.26 Å². The lowest BCUT2D eigenvalue weighted by atomic mass is 10.1. The monoisotopic (exact) mass is 1030 g/mol. The van der Waals surface area contributed by atoms with Gasteiger partial charge in [0.1, 0.15) is 11.5 Å². The number of carbonyl (C=O) groups excluding carboxylic acids is 4. The Morgan fingerprint density at radius 2 is 1.29 bits per heavy atom. The van der Waals surface area contributed by atoms with E-state index in [1.165, 1.54) is 35.9 Å². The van der Waals surface area contributed by atoms with Gasteiger partial charge in [0, 0.05) is 30.0 Å². The normalized spacial score (nSPS) is 11.2. The van der Waals surface area contributed by atoms with Crippen LogP contribution in [0.1, 0.15) is 89.1 Å². The molecule has 1 N–H and O–H groups in total. The van der Waals surface area contributed by atoms with Crippen molar-refractivity contribution in [2.45, 2.75) is 51.4 Å².